The van der Waals surface area contributed by atoms with Crippen LogP contribution in [0.4, 0.5) is 0 Å². The van der Waals surface area contributed by atoms with Crippen LogP contribution in [0.1, 0.15) is 47.0 Å². The topological polar surface area (TPSA) is 41.3 Å². The molecule has 0 unspecified atom stereocenters. The zero-order chi connectivity index (χ0) is 17.0. The van der Waals surface area contributed by atoms with Crippen molar-refractivity contribution in [1.82, 2.24) is 14.7 Å². The summed E-state index contributed by atoms with van der Waals surface area (Å²) in [7, 11) is 0. The molecule has 0 amide bonds. The molecule has 2 aromatic heterocycles. The lowest BCUT2D eigenvalue weighted by Gasteiger charge is -2.23. The summed E-state index contributed by atoms with van der Waals surface area (Å²) in [5.41, 5.74) is 3.66. The van der Waals surface area contributed by atoms with E-state index in [-0.39, 0.29) is 6.10 Å². The number of hydrogen-bond acceptors (Lipinski definition) is 4. The van der Waals surface area contributed by atoms with E-state index < -0.39 is 0 Å². The Bertz CT molecular complexity index is 630. The third kappa shape index (κ3) is 4.90. The van der Waals surface area contributed by atoms with E-state index in [1.807, 2.05) is 18.3 Å². The highest BCUT2D eigenvalue weighted by Gasteiger charge is 2.17. The van der Waals surface area contributed by atoms with E-state index in [2.05, 4.69) is 54.5 Å². The van der Waals surface area contributed by atoms with Crippen LogP contribution in [0, 0.1) is 20.8 Å². The van der Waals surface area contributed by atoms with Crippen molar-refractivity contribution in [1.29, 1.82) is 0 Å². The summed E-state index contributed by atoms with van der Waals surface area (Å²) in [5, 5.41) is 14.5. The first-order valence-corrected chi connectivity index (χ1v) is 9.21. The SMILES string of the molecule is CCCn1nc(C)c(CN(Cc2ccc(C)s2)C[C@@H](C)O)c1C. The van der Waals surface area contributed by atoms with Crippen molar-refractivity contribution in [2.45, 2.75) is 66.8 Å². The summed E-state index contributed by atoms with van der Waals surface area (Å²) in [6, 6.07) is 4.35. The van der Waals surface area contributed by atoms with Gasteiger partial charge in [0.1, 0.15) is 0 Å². The highest BCUT2D eigenvalue weighted by Crippen LogP contribution is 2.21. The molecule has 0 aliphatic carbocycles. The predicted octanol–water partition coefficient (Wildman–Crippen LogP) is 3.66. The van der Waals surface area contributed by atoms with Gasteiger partial charge in [-0.05, 0) is 46.2 Å². The molecular weight excluding hydrogens is 306 g/mol. The van der Waals surface area contributed by atoms with Crippen LogP contribution in [0.25, 0.3) is 0 Å². The number of aromatic nitrogens is 2. The van der Waals surface area contributed by atoms with Crippen molar-refractivity contribution in [3.63, 3.8) is 0 Å². The molecule has 0 spiro atoms. The van der Waals surface area contributed by atoms with Crippen molar-refractivity contribution in [2.24, 2.45) is 0 Å². The van der Waals surface area contributed by atoms with Gasteiger partial charge >= 0.3 is 0 Å². The maximum absolute atomic E-state index is 9.85. The average Bonchev–Trinajstić information content (AvgIpc) is 2.97. The standard InChI is InChI=1S/C18H29N3OS/c1-6-9-21-16(5)18(15(4)19-21)12-20(10-13(2)22)11-17-8-7-14(3)23-17/h7-8,13,22H,6,9-12H2,1-5H3/t13-/m1/s1. The Morgan fingerprint density at radius 3 is 2.57 bits per heavy atom. The zero-order valence-corrected chi connectivity index (χ0v) is 15.8. The summed E-state index contributed by atoms with van der Waals surface area (Å²) in [4.78, 5) is 5.00. The van der Waals surface area contributed by atoms with Crippen LogP contribution in [-0.2, 0) is 19.6 Å². The third-order valence-corrected chi connectivity index (χ3v) is 5.03. The number of hydrogen-bond donors (Lipinski definition) is 1. The van der Waals surface area contributed by atoms with E-state index >= 15 is 0 Å². The molecule has 2 heterocycles. The van der Waals surface area contributed by atoms with Gasteiger partial charge in [0, 0.05) is 47.2 Å². The average molecular weight is 336 g/mol. The number of nitrogens with zero attached hydrogens (tertiary/aromatic N) is 3. The molecule has 128 valence electrons. The van der Waals surface area contributed by atoms with Gasteiger partial charge in [0.15, 0.2) is 0 Å². The minimum atomic E-state index is -0.331. The lowest BCUT2D eigenvalue weighted by atomic mass is 10.1. The minimum absolute atomic E-state index is 0.331. The molecule has 0 aliphatic heterocycles. The quantitative estimate of drug-likeness (QED) is 0.800. The first-order valence-electron chi connectivity index (χ1n) is 8.39. The Hall–Kier alpha value is -1.17. The first kappa shape index (κ1) is 18.2. The molecule has 0 saturated carbocycles. The first-order chi connectivity index (χ1) is 10.9. The Kier molecular flexibility index (Phi) is 6.39. The summed E-state index contributed by atoms with van der Waals surface area (Å²) < 4.78 is 2.11. The maximum Gasteiger partial charge on any atom is 0.0641 e. The molecule has 0 fully saturated rings. The van der Waals surface area contributed by atoms with Gasteiger partial charge in [-0.2, -0.15) is 5.10 Å². The Morgan fingerprint density at radius 2 is 2.00 bits per heavy atom. The number of thiophene rings is 1. The Labute approximate surface area is 143 Å². The van der Waals surface area contributed by atoms with Crippen LogP contribution in [0.5, 0.6) is 0 Å². The Morgan fingerprint density at radius 1 is 1.26 bits per heavy atom. The van der Waals surface area contributed by atoms with Crippen LogP contribution < -0.4 is 0 Å². The molecule has 2 aromatic rings. The molecule has 23 heavy (non-hydrogen) atoms. The second-order valence-electron chi connectivity index (χ2n) is 6.40. The van der Waals surface area contributed by atoms with Crippen LogP contribution in [0.2, 0.25) is 0 Å². The van der Waals surface area contributed by atoms with Crippen molar-refractivity contribution in [3.8, 4) is 0 Å². The number of aliphatic hydroxyl groups is 1. The monoisotopic (exact) mass is 335 g/mol. The van der Waals surface area contributed by atoms with E-state index in [1.54, 1.807) is 0 Å². The van der Waals surface area contributed by atoms with Crippen LogP contribution >= 0.6 is 11.3 Å². The lowest BCUT2D eigenvalue weighted by molar-refractivity contribution is 0.118. The maximum atomic E-state index is 9.85. The molecule has 0 saturated heterocycles. The summed E-state index contributed by atoms with van der Waals surface area (Å²) in [6.45, 7) is 13.8. The van der Waals surface area contributed by atoms with Gasteiger partial charge in [-0.15, -0.1) is 11.3 Å². The summed E-state index contributed by atoms with van der Waals surface area (Å²) in [5.74, 6) is 0. The zero-order valence-electron chi connectivity index (χ0n) is 15.0. The second-order valence-corrected chi connectivity index (χ2v) is 7.78. The molecule has 1 N–H and O–H groups in total. The molecule has 0 radical (unpaired) electrons. The summed E-state index contributed by atoms with van der Waals surface area (Å²) >= 11 is 1.83. The fraction of sp³-hybridized carbons (Fsp3) is 0.611. The Balaban J connectivity index is 2.17. The predicted molar refractivity (Wildman–Crippen MR) is 96.8 cm³/mol. The summed E-state index contributed by atoms with van der Waals surface area (Å²) in [6.07, 6.45) is 0.759. The van der Waals surface area contributed by atoms with E-state index in [9.17, 15) is 5.11 Å². The number of aliphatic hydroxyl groups excluding tert-OH is 1. The van der Waals surface area contributed by atoms with Gasteiger partial charge in [0.2, 0.25) is 0 Å². The fourth-order valence-corrected chi connectivity index (χ4v) is 3.90. The molecule has 5 heteroatoms. The molecule has 4 nitrogen and oxygen atoms in total. The highest BCUT2D eigenvalue weighted by atomic mass is 32.1. The third-order valence-electron chi connectivity index (χ3n) is 4.05. The number of aryl methyl sites for hydroxylation is 3. The van der Waals surface area contributed by atoms with Gasteiger partial charge in [-0.25, -0.2) is 0 Å². The molecular formula is C18H29N3OS. The van der Waals surface area contributed by atoms with E-state index in [1.165, 1.54) is 21.0 Å². The van der Waals surface area contributed by atoms with Crippen molar-refractivity contribution < 1.29 is 5.11 Å². The van der Waals surface area contributed by atoms with Gasteiger partial charge < -0.3 is 5.11 Å². The van der Waals surface area contributed by atoms with Gasteiger partial charge in [0.05, 0.1) is 11.8 Å². The molecule has 0 aliphatic rings. The van der Waals surface area contributed by atoms with E-state index in [4.69, 9.17) is 0 Å². The molecule has 2 rings (SSSR count). The van der Waals surface area contributed by atoms with Gasteiger partial charge in [-0.3, -0.25) is 9.58 Å². The number of rotatable bonds is 8. The van der Waals surface area contributed by atoms with Crippen LogP contribution in [-0.4, -0.2) is 32.4 Å². The van der Waals surface area contributed by atoms with Crippen molar-refractivity contribution >= 4 is 11.3 Å². The van der Waals surface area contributed by atoms with Crippen molar-refractivity contribution in [3.05, 3.63) is 38.8 Å². The second kappa shape index (κ2) is 8.08. The smallest absolute Gasteiger partial charge is 0.0641 e. The van der Waals surface area contributed by atoms with Crippen LogP contribution in [0.3, 0.4) is 0 Å². The van der Waals surface area contributed by atoms with Gasteiger partial charge in [-0.1, -0.05) is 6.92 Å². The van der Waals surface area contributed by atoms with E-state index in [0.29, 0.717) is 6.54 Å². The van der Waals surface area contributed by atoms with E-state index in [0.717, 1.165) is 31.7 Å². The minimum Gasteiger partial charge on any atom is -0.392 e. The van der Waals surface area contributed by atoms with Crippen LogP contribution in [0.15, 0.2) is 12.1 Å². The normalized spacial score (nSPS) is 13.0. The molecule has 1 atom stereocenters. The largest absolute Gasteiger partial charge is 0.392 e. The molecule has 0 bridgehead atoms. The van der Waals surface area contributed by atoms with Gasteiger partial charge in [0.25, 0.3) is 0 Å². The fourth-order valence-electron chi connectivity index (χ4n) is 2.97. The van der Waals surface area contributed by atoms with Crippen molar-refractivity contribution in [2.75, 3.05) is 6.54 Å². The highest BCUT2D eigenvalue weighted by molar-refractivity contribution is 7.11. The molecule has 0 aromatic carbocycles. The lowest BCUT2D eigenvalue weighted by Crippen LogP contribution is -2.30.